The summed E-state index contributed by atoms with van der Waals surface area (Å²) in [6.45, 7) is 4.78. The van der Waals surface area contributed by atoms with Crippen LogP contribution in [0.3, 0.4) is 0 Å². The van der Waals surface area contributed by atoms with Crippen molar-refractivity contribution in [1.29, 1.82) is 0 Å². The first-order valence-electron chi connectivity index (χ1n) is 8.67. The highest BCUT2D eigenvalue weighted by Gasteiger charge is 2.96. The molecule has 0 spiro atoms. The summed E-state index contributed by atoms with van der Waals surface area (Å²) >= 11 is 3.61. The molecule has 0 aliphatic heterocycles. The summed E-state index contributed by atoms with van der Waals surface area (Å²) in [5, 5.41) is 10.9. The Labute approximate surface area is 151 Å². The van der Waals surface area contributed by atoms with Crippen LogP contribution in [-0.2, 0) is 10.8 Å². The van der Waals surface area contributed by atoms with Crippen molar-refractivity contribution in [3.8, 4) is 0 Å². The largest absolute Gasteiger partial charge is 0.388 e. The normalized spacial score (nSPS) is 41.0. The topological polar surface area (TPSA) is 20.2 Å². The molecule has 3 aliphatic rings. The van der Waals surface area contributed by atoms with Crippen molar-refractivity contribution in [1.82, 2.24) is 0 Å². The average molecular weight is 381 g/mol. The minimum absolute atomic E-state index is 0.00127. The third-order valence-corrected chi connectivity index (χ3v) is 8.07. The highest BCUT2D eigenvalue weighted by Crippen LogP contribution is 2.94. The van der Waals surface area contributed by atoms with Gasteiger partial charge >= 0.3 is 0 Å². The van der Waals surface area contributed by atoms with Gasteiger partial charge in [0.25, 0.3) is 0 Å². The molecule has 0 unspecified atom stereocenters. The summed E-state index contributed by atoms with van der Waals surface area (Å²) in [5.41, 5.74) is 2.96. The highest BCUT2D eigenvalue weighted by atomic mass is 79.9. The van der Waals surface area contributed by atoms with E-state index in [-0.39, 0.29) is 22.2 Å². The van der Waals surface area contributed by atoms with Gasteiger partial charge in [-0.15, -0.1) is 0 Å². The molecule has 0 radical (unpaired) electrons. The number of allylic oxidation sites excluding steroid dienone is 1. The van der Waals surface area contributed by atoms with Gasteiger partial charge in [-0.05, 0) is 22.5 Å². The fourth-order valence-electron chi connectivity index (χ4n) is 6.81. The Kier molecular flexibility index (Phi) is 2.75. The predicted octanol–water partition coefficient (Wildman–Crippen LogP) is 4.80. The summed E-state index contributed by atoms with van der Waals surface area (Å²) in [4.78, 5) is 0. The molecule has 0 heterocycles. The van der Waals surface area contributed by atoms with Crippen LogP contribution in [0.15, 0.2) is 71.2 Å². The van der Waals surface area contributed by atoms with Crippen LogP contribution in [0.5, 0.6) is 0 Å². The SMILES string of the molecule is CC1(C)[C@]2(c3ccccc3)[C@H]3[C@@H](C=C(Br)[C@@H]3O)[C@@]12c1ccccc1. The van der Waals surface area contributed by atoms with Crippen molar-refractivity contribution in [2.45, 2.75) is 30.8 Å². The summed E-state index contributed by atoms with van der Waals surface area (Å²) < 4.78 is 0.964. The van der Waals surface area contributed by atoms with Gasteiger partial charge in [-0.3, -0.25) is 0 Å². The fourth-order valence-corrected chi connectivity index (χ4v) is 7.38. The third-order valence-electron chi connectivity index (χ3n) is 7.34. The van der Waals surface area contributed by atoms with Crippen LogP contribution in [0.4, 0.5) is 0 Å². The predicted molar refractivity (Wildman–Crippen MR) is 100 cm³/mol. The van der Waals surface area contributed by atoms with Gasteiger partial charge in [0, 0.05) is 21.2 Å². The van der Waals surface area contributed by atoms with Crippen LogP contribution < -0.4 is 0 Å². The Morgan fingerprint density at radius 2 is 1.33 bits per heavy atom. The van der Waals surface area contributed by atoms with E-state index in [1.165, 1.54) is 11.1 Å². The number of fused-ring (bicyclic) bond motifs is 4. The van der Waals surface area contributed by atoms with E-state index >= 15 is 0 Å². The van der Waals surface area contributed by atoms with E-state index in [4.69, 9.17) is 0 Å². The molecule has 3 aliphatic carbocycles. The monoisotopic (exact) mass is 380 g/mol. The molecule has 2 aromatic rings. The van der Waals surface area contributed by atoms with Crippen LogP contribution in [0.25, 0.3) is 0 Å². The van der Waals surface area contributed by atoms with Crippen molar-refractivity contribution in [3.05, 3.63) is 82.3 Å². The lowest BCUT2D eigenvalue weighted by atomic mass is 9.53. The van der Waals surface area contributed by atoms with Crippen LogP contribution in [-0.4, -0.2) is 11.2 Å². The molecule has 2 fully saturated rings. The number of aliphatic hydroxyl groups is 1. The molecule has 2 saturated carbocycles. The zero-order chi connectivity index (χ0) is 16.7. The average Bonchev–Trinajstić information content (AvgIpc) is 2.83. The van der Waals surface area contributed by atoms with E-state index in [0.29, 0.717) is 5.92 Å². The number of hydrogen-bond acceptors (Lipinski definition) is 1. The summed E-state index contributed by atoms with van der Waals surface area (Å²) in [7, 11) is 0. The maximum Gasteiger partial charge on any atom is 0.0894 e. The van der Waals surface area contributed by atoms with Crippen molar-refractivity contribution < 1.29 is 5.11 Å². The Morgan fingerprint density at radius 1 is 0.833 bits per heavy atom. The van der Waals surface area contributed by atoms with Crippen LogP contribution in [0.1, 0.15) is 25.0 Å². The number of hydrogen-bond donors (Lipinski definition) is 1. The quantitative estimate of drug-likeness (QED) is 0.792. The molecule has 1 nitrogen and oxygen atoms in total. The van der Waals surface area contributed by atoms with Crippen molar-refractivity contribution in [2.75, 3.05) is 0 Å². The van der Waals surface area contributed by atoms with Gasteiger partial charge in [-0.25, -0.2) is 0 Å². The van der Waals surface area contributed by atoms with Gasteiger partial charge in [0.1, 0.15) is 0 Å². The third kappa shape index (κ3) is 1.25. The lowest BCUT2D eigenvalue weighted by Crippen LogP contribution is -2.53. The molecule has 0 saturated heterocycles. The number of aliphatic hydroxyl groups excluding tert-OH is 1. The van der Waals surface area contributed by atoms with E-state index in [9.17, 15) is 5.11 Å². The maximum absolute atomic E-state index is 10.9. The van der Waals surface area contributed by atoms with Crippen LogP contribution in [0, 0.1) is 17.3 Å². The molecule has 0 amide bonds. The molecule has 0 bridgehead atoms. The molecule has 2 aromatic carbocycles. The Balaban J connectivity index is 1.79. The van der Waals surface area contributed by atoms with Gasteiger partial charge in [-0.2, -0.15) is 0 Å². The maximum atomic E-state index is 10.9. The minimum atomic E-state index is -0.395. The molecule has 2 heteroatoms. The molecule has 122 valence electrons. The van der Waals surface area contributed by atoms with E-state index in [0.717, 1.165) is 4.48 Å². The van der Waals surface area contributed by atoms with Crippen molar-refractivity contribution in [2.24, 2.45) is 17.3 Å². The van der Waals surface area contributed by atoms with Crippen molar-refractivity contribution >= 4 is 15.9 Å². The Morgan fingerprint density at radius 3 is 1.88 bits per heavy atom. The molecule has 5 atom stereocenters. The fraction of sp³-hybridized carbons (Fsp3) is 0.364. The number of halogens is 1. The smallest absolute Gasteiger partial charge is 0.0894 e. The number of rotatable bonds is 2. The van der Waals surface area contributed by atoms with Gasteiger partial charge in [-0.1, -0.05) is 96.5 Å². The molecule has 5 rings (SSSR count). The van der Waals surface area contributed by atoms with Gasteiger partial charge in [0.2, 0.25) is 0 Å². The van der Waals surface area contributed by atoms with Crippen LogP contribution in [0.2, 0.25) is 0 Å². The number of benzene rings is 2. The molecular weight excluding hydrogens is 360 g/mol. The first kappa shape index (κ1) is 14.9. The highest BCUT2D eigenvalue weighted by molar-refractivity contribution is 9.11. The van der Waals surface area contributed by atoms with Crippen molar-refractivity contribution in [3.63, 3.8) is 0 Å². The Hall–Kier alpha value is -1.38. The summed E-state index contributed by atoms with van der Waals surface area (Å²) in [6, 6.07) is 21.8. The summed E-state index contributed by atoms with van der Waals surface area (Å²) in [6.07, 6.45) is 1.88. The molecule has 1 N–H and O–H groups in total. The van der Waals surface area contributed by atoms with Gasteiger partial charge in [0.05, 0.1) is 6.10 Å². The van der Waals surface area contributed by atoms with E-state index in [1.54, 1.807) is 0 Å². The van der Waals surface area contributed by atoms with E-state index in [2.05, 4.69) is 96.5 Å². The van der Waals surface area contributed by atoms with E-state index in [1.807, 2.05) is 0 Å². The van der Waals surface area contributed by atoms with Crippen LogP contribution >= 0.6 is 15.9 Å². The lowest BCUT2D eigenvalue weighted by Gasteiger charge is -2.49. The second-order valence-corrected chi connectivity index (χ2v) is 8.94. The lowest BCUT2D eigenvalue weighted by molar-refractivity contribution is 0.0334. The Bertz CT molecular complexity index is 841. The zero-order valence-corrected chi connectivity index (χ0v) is 15.5. The summed E-state index contributed by atoms with van der Waals surface area (Å²) in [5.74, 6) is 0.643. The van der Waals surface area contributed by atoms with Gasteiger partial charge < -0.3 is 5.11 Å². The van der Waals surface area contributed by atoms with Gasteiger partial charge in [0.15, 0.2) is 0 Å². The molecule has 24 heavy (non-hydrogen) atoms. The molecule has 0 aromatic heterocycles. The zero-order valence-electron chi connectivity index (χ0n) is 13.9. The van der Waals surface area contributed by atoms with E-state index < -0.39 is 6.10 Å². The second-order valence-electron chi connectivity index (χ2n) is 8.02. The standard InChI is InChI=1S/C22H21BrO/c1-20(2)21(14-9-5-3-6-10-14)16-13-17(23)19(24)18(16)22(20,21)15-11-7-4-8-12-15/h3-13,16,18-19,24H,1-2H3/t16-,18+,19+,21+,22+/m1/s1. The molecular formula is C22H21BrO. The minimum Gasteiger partial charge on any atom is -0.388 e. The second kappa shape index (κ2) is 4.42. The first-order valence-corrected chi connectivity index (χ1v) is 9.47. The first-order chi connectivity index (χ1) is 11.5.